The van der Waals surface area contributed by atoms with Crippen molar-refractivity contribution < 1.29 is 9.53 Å². The lowest BCUT2D eigenvalue weighted by atomic mass is 10.2. The summed E-state index contributed by atoms with van der Waals surface area (Å²) in [5, 5.41) is 7.00. The first-order chi connectivity index (χ1) is 10.2. The predicted molar refractivity (Wildman–Crippen MR) is 81.8 cm³/mol. The zero-order valence-corrected chi connectivity index (χ0v) is 12.2. The van der Waals surface area contributed by atoms with E-state index in [2.05, 4.69) is 10.4 Å². The lowest BCUT2D eigenvalue weighted by Crippen LogP contribution is -2.22. The molecule has 21 heavy (non-hydrogen) atoms. The van der Waals surface area contributed by atoms with E-state index in [0.29, 0.717) is 6.54 Å². The summed E-state index contributed by atoms with van der Waals surface area (Å²) in [4.78, 5) is 11.8. The molecule has 1 N–H and O–H groups in total. The molecular formula is C16H19N3O2. The Hall–Kier alpha value is -2.56. The van der Waals surface area contributed by atoms with Gasteiger partial charge in [-0.1, -0.05) is 12.1 Å². The molecule has 0 atom stereocenters. The van der Waals surface area contributed by atoms with Crippen molar-refractivity contribution in [2.75, 3.05) is 7.11 Å². The third-order valence-electron chi connectivity index (χ3n) is 3.09. The zero-order valence-electron chi connectivity index (χ0n) is 12.2. The first-order valence-electron chi connectivity index (χ1n) is 6.83. The summed E-state index contributed by atoms with van der Waals surface area (Å²) in [5.41, 5.74) is 1.94. The number of hydrogen-bond acceptors (Lipinski definition) is 3. The number of aromatic nitrogens is 2. The van der Waals surface area contributed by atoms with Crippen LogP contribution < -0.4 is 10.1 Å². The van der Waals surface area contributed by atoms with Gasteiger partial charge in [0.25, 0.3) is 0 Å². The van der Waals surface area contributed by atoms with Crippen LogP contribution in [-0.4, -0.2) is 22.8 Å². The molecule has 0 aliphatic rings. The Balaban J connectivity index is 1.87. The van der Waals surface area contributed by atoms with E-state index in [1.807, 2.05) is 41.9 Å². The second kappa shape index (κ2) is 7.28. The maximum absolute atomic E-state index is 11.8. The molecule has 5 nitrogen and oxygen atoms in total. The Morgan fingerprint density at radius 2 is 2.10 bits per heavy atom. The number of hydrogen-bond donors (Lipinski definition) is 1. The van der Waals surface area contributed by atoms with Gasteiger partial charge in [0.1, 0.15) is 5.75 Å². The first-order valence-corrected chi connectivity index (χ1v) is 6.83. The average molecular weight is 285 g/mol. The molecular weight excluding hydrogens is 266 g/mol. The molecule has 0 aliphatic heterocycles. The van der Waals surface area contributed by atoms with Crippen molar-refractivity contribution in [2.24, 2.45) is 0 Å². The van der Waals surface area contributed by atoms with Gasteiger partial charge in [0.2, 0.25) is 5.91 Å². The van der Waals surface area contributed by atoms with Gasteiger partial charge in [0, 0.05) is 18.8 Å². The largest absolute Gasteiger partial charge is 0.497 e. The Morgan fingerprint density at radius 1 is 1.33 bits per heavy atom. The summed E-state index contributed by atoms with van der Waals surface area (Å²) in [5.74, 6) is 0.666. The maximum atomic E-state index is 11.8. The van der Waals surface area contributed by atoms with Crippen LogP contribution in [0.5, 0.6) is 5.75 Å². The number of benzene rings is 1. The minimum absolute atomic E-state index is 0.130. The van der Waals surface area contributed by atoms with Gasteiger partial charge in [-0.05, 0) is 36.8 Å². The van der Waals surface area contributed by atoms with Crippen molar-refractivity contribution in [2.45, 2.75) is 20.0 Å². The van der Waals surface area contributed by atoms with Crippen molar-refractivity contribution in [1.82, 2.24) is 15.1 Å². The van der Waals surface area contributed by atoms with Crippen LogP contribution in [0.2, 0.25) is 0 Å². The zero-order chi connectivity index (χ0) is 15.1. The van der Waals surface area contributed by atoms with E-state index < -0.39 is 0 Å². The van der Waals surface area contributed by atoms with Crippen molar-refractivity contribution >= 4 is 12.0 Å². The average Bonchev–Trinajstić information content (AvgIpc) is 2.99. The lowest BCUT2D eigenvalue weighted by Gasteiger charge is -2.05. The Labute approximate surface area is 124 Å². The van der Waals surface area contributed by atoms with Crippen LogP contribution in [0.4, 0.5) is 0 Å². The molecule has 0 radical (unpaired) electrons. The van der Waals surface area contributed by atoms with Gasteiger partial charge in [-0.15, -0.1) is 0 Å². The molecule has 0 unspecified atom stereocenters. The van der Waals surface area contributed by atoms with Crippen molar-refractivity contribution in [3.8, 4) is 5.75 Å². The maximum Gasteiger partial charge on any atom is 0.244 e. The summed E-state index contributed by atoms with van der Waals surface area (Å²) in [7, 11) is 1.62. The number of aryl methyl sites for hydroxylation is 1. The fraction of sp³-hybridized carbons (Fsp3) is 0.250. The summed E-state index contributed by atoms with van der Waals surface area (Å²) in [6.45, 7) is 3.28. The minimum Gasteiger partial charge on any atom is -0.497 e. The summed E-state index contributed by atoms with van der Waals surface area (Å²) < 4.78 is 6.94. The van der Waals surface area contributed by atoms with Crippen LogP contribution in [0.15, 0.2) is 42.6 Å². The van der Waals surface area contributed by atoms with E-state index >= 15 is 0 Å². The van der Waals surface area contributed by atoms with Crippen LogP contribution in [0.1, 0.15) is 18.2 Å². The highest BCUT2D eigenvalue weighted by atomic mass is 16.5. The summed E-state index contributed by atoms with van der Waals surface area (Å²) in [6.07, 6.45) is 5.03. The van der Waals surface area contributed by atoms with Crippen LogP contribution in [-0.2, 0) is 17.9 Å². The molecule has 0 spiro atoms. The van der Waals surface area contributed by atoms with E-state index in [1.165, 1.54) is 6.08 Å². The van der Waals surface area contributed by atoms with Crippen LogP contribution in [0, 0.1) is 0 Å². The summed E-state index contributed by atoms with van der Waals surface area (Å²) in [6, 6.07) is 9.41. The minimum atomic E-state index is -0.130. The monoisotopic (exact) mass is 285 g/mol. The number of rotatable bonds is 6. The molecule has 0 saturated carbocycles. The van der Waals surface area contributed by atoms with E-state index in [4.69, 9.17) is 4.74 Å². The number of methoxy groups -OCH3 is 1. The fourth-order valence-electron chi connectivity index (χ4n) is 1.92. The quantitative estimate of drug-likeness (QED) is 0.828. The number of nitrogens with zero attached hydrogens (tertiary/aromatic N) is 2. The van der Waals surface area contributed by atoms with Crippen molar-refractivity contribution in [1.29, 1.82) is 0 Å². The molecule has 2 aromatic rings. The number of nitrogens with one attached hydrogen (secondary N) is 1. The van der Waals surface area contributed by atoms with Gasteiger partial charge < -0.3 is 10.1 Å². The molecule has 0 bridgehead atoms. The molecule has 1 aromatic carbocycles. The van der Waals surface area contributed by atoms with Gasteiger partial charge >= 0.3 is 0 Å². The third-order valence-corrected chi connectivity index (χ3v) is 3.09. The van der Waals surface area contributed by atoms with Crippen LogP contribution in [0.25, 0.3) is 6.08 Å². The first kappa shape index (κ1) is 14.8. The molecule has 0 fully saturated rings. The molecule has 1 heterocycles. The number of carbonyl (C=O) groups excluding carboxylic acids is 1. The predicted octanol–water partition coefficient (Wildman–Crippen LogP) is 2.24. The molecule has 110 valence electrons. The third kappa shape index (κ3) is 4.21. The van der Waals surface area contributed by atoms with E-state index in [1.54, 1.807) is 19.4 Å². The van der Waals surface area contributed by atoms with Crippen LogP contribution >= 0.6 is 0 Å². The second-order valence-electron chi connectivity index (χ2n) is 4.46. The normalized spacial score (nSPS) is 10.8. The smallest absolute Gasteiger partial charge is 0.244 e. The topological polar surface area (TPSA) is 56.2 Å². The van der Waals surface area contributed by atoms with Gasteiger partial charge in [0.05, 0.1) is 19.3 Å². The SMILES string of the molecule is CCn1nccc1CNC(=O)/C=C/c1ccc(OC)cc1. The highest BCUT2D eigenvalue weighted by Crippen LogP contribution is 2.12. The Kier molecular flexibility index (Phi) is 5.15. The van der Waals surface area contributed by atoms with Crippen LogP contribution in [0.3, 0.4) is 0 Å². The van der Waals surface area contributed by atoms with Gasteiger partial charge in [0.15, 0.2) is 0 Å². The molecule has 0 saturated heterocycles. The highest BCUT2D eigenvalue weighted by molar-refractivity contribution is 5.91. The van der Waals surface area contributed by atoms with E-state index in [-0.39, 0.29) is 5.91 Å². The van der Waals surface area contributed by atoms with Crippen molar-refractivity contribution in [3.05, 3.63) is 53.9 Å². The van der Waals surface area contributed by atoms with Crippen molar-refractivity contribution in [3.63, 3.8) is 0 Å². The molecule has 5 heteroatoms. The van der Waals surface area contributed by atoms with E-state index in [9.17, 15) is 4.79 Å². The molecule has 0 aliphatic carbocycles. The Morgan fingerprint density at radius 3 is 2.76 bits per heavy atom. The molecule has 1 aromatic heterocycles. The second-order valence-corrected chi connectivity index (χ2v) is 4.46. The Bertz CT molecular complexity index is 615. The standard InChI is InChI=1S/C16H19N3O2/c1-3-19-14(10-11-18-19)12-17-16(20)9-6-13-4-7-15(21-2)8-5-13/h4-11H,3,12H2,1-2H3,(H,17,20)/b9-6+. The fourth-order valence-corrected chi connectivity index (χ4v) is 1.92. The van der Waals surface area contributed by atoms with Gasteiger partial charge in [-0.3, -0.25) is 9.48 Å². The summed E-state index contributed by atoms with van der Waals surface area (Å²) >= 11 is 0. The number of amides is 1. The molecule has 1 amide bonds. The van der Waals surface area contributed by atoms with Gasteiger partial charge in [-0.25, -0.2) is 0 Å². The van der Waals surface area contributed by atoms with Gasteiger partial charge in [-0.2, -0.15) is 5.10 Å². The molecule has 2 rings (SSSR count). The number of ether oxygens (including phenoxy) is 1. The number of carbonyl (C=O) groups is 1. The lowest BCUT2D eigenvalue weighted by molar-refractivity contribution is -0.116. The highest BCUT2D eigenvalue weighted by Gasteiger charge is 2.02. The van der Waals surface area contributed by atoms with E-state index in [0.717, 1.165) is 23.6 Å².